The Labute approximate surface area is 170 Å². The first kappa shape index (κ1) is 19.1. The van der Waals surface area contributed by atoms with Crippen LogP contribution in [0.2, 0.25) is 0 Å². The summed E-state index contributed by atoms with van der Waals surface area (Å²) in [5, 5.41) is 2.75. The summed E-state index contributed by atoms with van der Waals surface area (Å²) in [7, 11) is 0. The fourth-order valence-corrected chi connectivity index (χ4v) is 4.21. The maximum absolute atomic E-state index is 11.7. The van der Waals surface area contributed by atoms with Crippen LogP contribution in [-0.4, -0.2) is 25.3 Å². The van der Waals surface area contributed by atoms with Crippen molar-refractivity contribution in [2.75, 3.05) is 13.2 Å². The van der Waals surface area contributed by atoms with Crippen molar-refractivity contribution in [1.82, 2.24) is 16.2 Å². The molecule has 0 unspecified atom stereocenters. The number of carbonyl (C=O) groups is 2. The highest BCUT2D eigenvalue weighted by atomic mass is 16.6. The number of amides is 3. The van der Waals surface area contributed by atoms with Gasteiger partial charge in [0.15, 0.2) is 0 Å². The number of carbonyl (C=O) groups excluding carboxylic acids is 2. The van der Waals surface area contributed by atoms with Crippen LogP contribution in [0.4, 0.5) is 9.59 Å². The summed E-state index contributed by atoms with van der Waals surface area (Å²) < 4.78 is 4.68. The van der Waals surface area contributed by atoms with Crippen molar-refractivity contribution in [2.24, 2.45) is 5.92 Å². The lowest BCUT2D eigenvalue weighted by Gasteiger charge is -2.37. The lowest BCUT2D eigenvalue weighted by Crippen LogP contribution is -2.47. The Kier molecular flexibility index (Phi) is 5.51. The summed E-state index contributed by atoms with van der Waals surface area (Å²) in [5.41, 5.74) is 12.7. The van der Waals surface area contributed by atoms with Crippen LogP contribution >= 0.6 is 0 Å². The lowest BCUT2D eigenvalue weighted by molar-refractivity contribution is 0.147. The van der Waals surface area contributed by atoms with Gasteiger partial charge in [0.1, 0.15) is 0 Å². The van der Waals surface area contributed by atoms with Crippen LogP contribution in [0, 0.1) is 5.92 Å². The van der Waals surface area contributed by atoms with Crippen LogP contribution < -0.4 is 16.2 Å². The van der Waals surface area contributed by atoms with E-state index in [0.29, 0.717) is 12.5 Å². The monoisotopic (exact) mass is 391 g/mol. The predicted octanol–water partition coefficient (Wildman–Crippen LogP) is 3.90. The molecule has 4 rings (SSSR count). The summed E-state index contributed by atoms with van der Waals surface area (Å²) in [4.78, 5) is 22.9. The molecule has 3 N–H and O–H groups in total. The fraction of sp³-hybridized carbons (Fsp3) is 0.304. The first-order valence-corrected chi connectivity index (χ1v) is 10.0. The Balaban J connectivity index is 1.36. The van der Waals surface area contributed by atoms with E-state index in [4.69, 9.17) is 0 Å². The van der Waals surface area contributed by atoms with Gasteiger partial charge in [0.25, 0.3) is 0 Å². The maximum atomic E-state index is 11.7. The molecule has 6 nitrogen and oxygen atoms in total. The number of hydrogen-bond donors (Lipinski definition) is 3. The Morgan fingerprint density at radius 3 is 2.90 bits per heavy atom. The molecule has 0 aliphatic heterocycles. The number of hydrogen-bond acceptors (Lipinski definition) is 3. The molecule has 0 aromatic heterocycles. The van der Waals surface area contributed by atoms with E-state index in [0.717, 1.165) is 19.3 Å². The summed E-state index contributed by atoms with van der Waals surface area (Å²) in [6.45, 7) is 2.45. The quantitative estimate of drug-likeness (QED) is 0.491. The zero-order valence-corrected chi connectivity index (χ0v) is 16.5. The number of urea groups is 1. The standard InChI is InChI=1S/C23H25N3O3/c1-2-29-23(28)26-25-22(27)24-13-5-9-17-14-18-8-3-6-15-11-12-16-7-4-10-19(17)21(16)20(15)18/h3-4,6,8,10-12,14,20H,2,5,7,9,13H2,1H3,(H,26,28)(H2,24,25,27)/t20-/m0/s1. The van der Waals surface area contributed by atoms with Gasteiger partial charge in [0.2, 0.25) is 0 Å². The van der Waals surface area contributed by atoms with Crippen LogP contribution in [0.5, 0.6) is 0 Å². The first-order chi connectivity index (χ1) is 14.2. The highest BCUT2D eigenvalue weighted by Crippen LogP contribution is 2.49. The molecular formula is C23H25N3O3. The Morgan fingerprint density at radius 2 is 2.03 bits per heavy atom. The van der Waals surface area contributed by atoms with E-state index in [1.54, 1.807) is 6.92 Å². The van der Waals surface area contributed by atoms with Crippen LogP contribution in [0.3, 0.4) is 0 Å². The predicted molar refractivity (Wildman–Crippen MR) is 112 cm³/mol. The van der Waals surface area contributed by atoms with Crippen molar-refractivity contribution in [3.05, 3.63) is 82.0 Å². The van der Waals surface area contributed by atoms with Crippen LogP contribution in [0.15, 0.2) is 82.0 Å². The van der Waals surface area contributed by atoms with E-state index in [1.165, 1.54) is 33.4 Å². The van der Waals surface area contributed by atoms with Gasteiger partial charge in [-0.05, 0) is 59.6 Å². The third-order valence-electron chi connectivity index (χ3n) is 5.42. The highest BCUT2D eigenvalue weighted by molar-refractivity contribution is 5.77. The van der Waals surface area contributed by atoms with E-state index in [2.05, 4.69) is 69.5 Å². The second-order valence-corrected chi connectivity index (χ2v) is 7.25. The molecule has 0 aromatic carbocycles. The third-order valence-corrected chi connectivity index (χ3v) is 5.42. The van der Waals surface area contributed by atoms with Crippen LogP contribution in [0.1, 0.15) is 26.2 Å². The van der Waals surface area contributed by atoms with E-state index >= 15 is 0 Å². The molecular weight excluding hydrogens is 366 g/mol. The van der Waals surface area contributed by atoms with E-state index < -0.39 is 12.1 Å². The minimum Gasteiger partial charge on any atom is -0.449 e. The summed E-state index contributed by atoms with van der Waals surface area (Å²) in [6.07, 6.45) is 19.8. The summed E-state index contributed by atoms with van der Waals surface area (Å²) in [6, 6.07) is -0.456. The van der Waals surface area contributed by atoms with Crippen molar-refractivity contribution in [3.8, 4) is 0 Å². The lowest BCUT2D eigenvalue weighted by atomic mass is 9.67. The van der Waals surface area contributed by atoms with Crippen LogP contribution in [-0.2, 0) is 4.74 Å². The van der Waals surface area contributed by atoms with E-state index in [1.807, 2.05) is 0 Å². The molecule has 0 saturated carbocycles. The van der Waals surface area contributed by atoms with Gasteiger partial charge in [-0.3, -0.25) is 0 Å². The van der Waals surface area contributed by atoms with Crippen molar-refractivity contribution in [1.29, 1.82) is 0 Å². The Hall–Kier alpha value is -3.28. The Bertz CT molecular complexity index is 944. The van der Waals surface area contributed by atoms with E-state index in [-0.39, 0.29) is 6.61 Å². The maximum Gasteiger partial charge on any atom is 0.426 e. The molecule has 1 atom stereocenters. The SMILES string of the molecule is CCOC(=O)NNC(=O)NCCCC1=CC2=CC=CC3=CC=C4CC=CC1=C4[C@@H]32. The molecule has 0 saturated heterocycles. The molecule has 0 spiro atoms. The number of nitrogens with one attached hydrogen (secondary N) is 3. The molecule has 0 heterocycles. The minimum atomic E-state index is -0.679. The topological polar surface area (TPSA) is 79.5 Å². The van der Waals surface area contributed by atoms with E-state index in [9.17, 15) is 9.59 Å². The van der Waals surface area contributed by atoms with Gasteiger partial charge in [0, 0.05) is 12.5 Å². The van der Waals surface area contributed by atoms with Crippen molar-refractivity contribution in [2.45, 2.75) is 26.2 Å². The largest absolute Gasteiger partial charge is 0.449 e. The van der Waals surface area contributed by atoms with Gasteiger partial charge in [-0.15, -0.1) is 0 Å². The normalized spacial score (nSPS) is 20.7. The summed E-state index contributed by atoms with van der Waals surface area (Å²) >= 11 is 0. The molecule has 0 fully saturated rings. The van der Waals surface area contributed by atoms with Gasteiger partial charge < -0.3 is 10.1 Å². The van der Waals surface area contributed by atoms with Gasteiger partial charge in [-0.25, -0.2) is 20.4 Å². The average Bonchev–Trinajstić information content (AvgIpc) is 2.74. The molecule has 0 aromatic rings. The van der Waals surface area contributed by atoms with Crippen molar-refractivity contribution >= 4 is 12.1 Å². The molecule has 29 heavy (non-hydrogen) atoms. The molecule has 3 amide bonds. The first-order valence-electron chi connectivity index (χ1n) is 10.0. The molecule has 4 aliphatic carbocycles. The molecule has 4 aliphatic rings. The fourth-order valence-electron chi connectivity index (χ4n) is 4.21. The second kappa shape index (κ2) is 8.39. The molecule has 150 valence electrons. The second-order valence-electron chi connectivity index (χ2n) is 7.25. The minimum absolute atomic E-state index is 0.248. The smallest absolute Gasteiger partial charge is 0.426 e. The molecule has 0 bridgehead atoms. The Morgan fingerprint density at radius 1 is 1.14 bits per heavy atom. The molecule has 6 heteroatoms. The number of hydrazine groups is 1. The number of allylic oxidation sites excluding steroid dienone is 14. The average molecular weight is 391 g/mol. The van der Waals surface area contributed by atoms with Crippen molar-refractivity contribution in [3.63, 3.8) is 0 Å². The van der Waals surface area contributed by atoms with Gasteiger partial charge in [-0.2, -0.15) is 0 Å². The number of ether oxygens (including phenoxy) is 1. The van der Waals surface area contributed by atoms with Crippen molar-refractivity contribution < 1.29 is 14.3 Å². The van der Waals surface area contributed by atoms with Gasteiger partial charge in [-0.1, -0.05) is 48.6 Å². The summed E-state index contributed by atoms with van der Waals surface area (Å²) in [5.74, 6) is 0.363. The van der Waals surface area contributed by atoms with Crippen LogP contribution in [0.25, 0.3) is 0 Å². The third kappa shape index (κ3) is 3.97. The molecule has 0 radical (unpaired) electrons. The van der Waals surface area contributed by atoms with Gasteiger partial charge in [0.05, 0.1) is 6.61 Å². The zero-order chi connectivity index (χ0) is 20.2. The van der Waals surface area contributed by atoms with Gasteiger partial charge >= 0.3 is 12.1 Å². The highest BCUT2D eigenvalue weighted by Gasteiger charge is 2.34. The number of rotatable bonds is 5. The zero-order valence-electron chi connectivity index (χ0n) is 16.5.